The number of carbonyl (C=O) groups excluding carboxylic acids is 2. The number of aliphatic hydroxyl groups excluding tert-OH is 1. The molecule has 0 radical (unpaired) electrons. The second kappa shape index (κ2) is 9.16. The van der Waals surface area contributed by atoms with E-state index < -0.39 is 34.1 Å². The Balaban J connectivity index is 1.37. The van der Waals surface area contributed by atoms with Gasteiger partial charge in [-0.05, 0) is 24.9 Å². The van der Waals surface area contributed by atoms with Gasteiger partial charge in [0, 0.05) is 22.6 Å². The van der Waals surface area contributed by atoms with E-state index in [9.17, 15) is 33.0 Å². The van der Waals surface area contributed by atoms with Gasteiger partial charge in [-0.3, -0.25) is 9.59 Å². The smallest absolute Gasteiger partial charge is 0.353 e. The number of primary sulfonamides is 1. The van der Waals surface area contributed by atoms with Crippen molar-refractivity contribution < 1.29 is 33.0 Å². The van der Waals surface area contributed by atoms with E-state index >= 15 is 0 Å². The third-order valence-electron chi connectivity index (χ3n) is 6.13. The van der Waals surface area contributed by atoms with Gasteiger partial charge in [0.25, 0.3) is 10.0 Å². The molecule has 2 fully saturated rings. The lowest BCUT2D eigenvalue weighted by Gasteiger charge is -2.46. The number of carbonyl (C=O) groups is 3. The molecule has 4 rings (SSSR count). The minimum atomic E-state index is -3.95. The molecular formula is C18H24N6O7S3. The Kier molecular flexibility index (Phi) is 6.73. The Labute approximate surface area is 203 Å². The van der Waals surface area contributed by atoms with Crippen LogP contribution in [0.15, 0.2) is 14.9 Å². The molecule has 13 nitrogen and oxygen atoms in total. The number of aliphatic carboxylic acids is 1. The summed E-state index contributed by atoms with van der Waals surface area (Å²) >= 11 is 1.97. The number of aromatic nitrogens is 2. The number of nitrogens with zero attached hydrogens (tertiary/aromatic N) is 3. The standard InChI is InChI=1S/C18H24N6O7S3/c1-6-12-11(7(2)25)16(27)24(12)13(17(28)29)14(6)32-8-3-9(20-4-8)15(26)21-5-10-22-18(33-23-10)34(19,30)31/h6-9,11-12,20,25H,3-5H2,1-2H3,(H,21,26)(H,28,29)(H2,19,30,31)/t6-,7-,8+,9+,11-,12-/m1/s1. The van der Waals surface area contributed by atoms with Crippen LogP contribution >= 0.6 is 23.3 Å². The van der Waals surface area contributed by atoms with Crippen molar-refractivity contribution in [3.8, 4) is 0 Å². The molecule has 3 aliphatic heterocycles. The van der Waals surface area contributed by atoms with Crippen molar-refractivity contribution in [2.24, 2.45) is 17.0 Å². The van der Waals surface area contributed by atoms with Crippen LogP contribution in [0.2, 0.25) is 0 Å². The van der Waals surface area contributed by atoms with E-state index in [0.29, 0.717) is 29.4 Å². The maximum atomic E-state index is 12.6. The van der Waals surface area contributed by atoms with E-state index in [-0.39, 0.29) is 51.4 Å². The van der Waals surface area contributed by atoms with Gasteiger partial charge in [-0.15, -0.1) is 11.8 Å². The van der Waals surface area contributed by atoms with Crippen LogP contribution in [0, 0.1) is 11.8 Å². The summed E-state index contributed by atoms with van der Waals surface area (Å²) in [4.78, 5) is 42.6. The molecule has 6 N–H and O–H groups in total. The molecule has 0 saturated carbocycles. The van der Waals surface area contributed by atoms with Crippen LogP contribution in [0.3, 0.4) is 0 Å². The lowest BCUT2D eigenvalue weighted by molar-refractivity contribution is -0.163. The number of hydrogen-bond acceptors (Lipinski definition) is 11. The molecule has 3 aliphatic rings. The minimum Gasteiger partial charge on any atom is -0.477 e. The van der Waals surface area contributed by atoms with Crippen molar-refractivity contribution in [1.29, 1.82) is 0 Å². The molecular weight excluding hydrogens is 508 g/mol. The van der Waals surface area contributed by atoms with Crippen molar-refractivity contribution in [2.75, 3.05) is 6.54 Å². The summed E-state index contributed by atoms with van der Waals surface area (Å²) in [5, 5.41) is 30.4. The van der Waals surface area contributed by atoms with Gasteiger partial charge in [-0.25, -0.2) is 23.3 Å². The first-order valence-electron chi connectivity index (χ1n) is 10.4. The second-order valence-electron chi connectivity index (χ2n) is 8.45. The van der Waals surface area contributed by atoms with Gasteiger partial charge in [-0.2, -0.15) is 4.37 Å². The van der Waals surface area contributed by atoms with Crippen molar-refractivity contribution in [3.63, 3.8) is 0 Å². The molecule has 6 atom stereocenters. The molecule has 0 aliphatic carbocycles. The Morgan fingerprint density at radius 1 is 1.44 bits per heavy atom. The monoisotopic (exact) mass is 532 g/mol. The molecule has 0 bridgehead atoms. The summed E-state index contributed by atoms with van der Waals surface area (Å²) < 4.78 is 26.1. The number of aliphatic hydroxyl groups is 1. The molecule has 4 heterocycles. The van der Waals surface area contributed by atoms with E-state index in [1.807, 2.05) is 6.92 Å². The molecule has 1 aromatic heterocycles. The maximum Gasteiger partial charge on any atom is 0.353 e. The van der Waals surface area contributed by atoms with Gasteiger partial charge in [-0.1, -0.05) is 6.92 Å². The van der Waals surface area contributed by atoms with Crippen molar-refractivity contribution >= 4 is 51.1 Å². The van der Waals surface area contributed by atoms with Crippen LogP contribution in [-0.2, 0) is 31.0 Å². The molecule has 1 aromatic rings. The number of sulfonamides is 1. The fraction of sp³-hybridized carbons (Fsp3) is 0.611. The van der Waals surface area contributed by atoms with Crippen molar-refractivity contribution in [3.05, 3.63) is 16.4 Å². The summed E-state index contributed by atoms with van der Waals surface area (Å²) in [7, 11) is -3.95. The third kappa shape index (κ3) is 4.45. The van der Waals surface area contributed by atoms with Crippen LogP contribution < -0.4 is 15.8 Å². The highest BCUT2D eigenvalue weighted by Crippen LogP contribution is 2.51. The van der Waals surface area contributed by atoms with Crippen LogP contribution in [-0.4, -0.2) is 80.7 Å². The zero-order valence-corrected chi connectivity index (χ0v) is 20.6. The summed E-state index contributed by atoms with van der Waals surface area (Å²) in [6, 6.07) is -0.925. The first kappa shape index (κ1) is 25.0. The van der Waals surface area contributed by atoms with Crippen molar-refractivity contribution in [2.45, 2.75) is 54.6 Å². The number of thioether (sulfide) groups is 1. The predicted octanol–water partition coefficient (Wildman–Crippen LogP) is -1.58. The largest absolute Gasteiger partial charge is 0.477 e. The van der Waals surface area contributed by atoms with Crippen molar-refractivity contribution in [1.82, 2.24) is 24.9 Å². The van der Waals surface area contributed by atoms with Crippen LogP contribution in [0.4, 0.5) is 0 Å². The average Bonchev–Trinajstić information content (AvgIpc) is 3.44. The Morgan fingerprint density at radius 3 is 2.74 bits per heavy atom. The van der Waals surface area contributed by atoms with E-state index in [0.717, 1.165) is 0 Å². The first-order chi connectivity index (χ1) is 15.9. The predicted molar refractivity (Wildman–Crippen MR) is 121 cm³/mol. The number of rotatable bonds is 8. The van der Waals surface area contributed by atoms with E-state index in [2.05, 4.69) is 20.0 Å². The number of carboxylic acid groups (broad SMARTS) is 1. The number of hydrogen-bond donors (Lipinski definition) is 5. The fourth-order valence-electron chi connectivity index (χ4n) is 4.57. The highest BCUT2D eigenvalue weighted by atomic mass is 32.2. The van der Waals surface area contributed by atoms with Gasteiger partial charge >= 0.3 is 5.97 Å². The van der Waals surface area contributed by atoms with Gasteiger partial charge in [0.05, 0.1) is 30.7 Å². The van der Waals surface area contributed by atoms with Crippen LogP contribution in [0.5, 0.6) is 0 Å². The molecule has 0 unspecified atom stereocenters. The second-order valence-corrected chi connectivity index (χ2v) is 12.3. The average molecular weight is 533 g/mol. The van der Waals surface area contributed by atoms with Gasteiger partial charge in [0.1, 0.15) is 5.70 Å². The quantitative estimate of drug-likeness (QED) is 0.242. The van der Waals surface area contributed by atoms with Gasteiger partial charge in [0.2, 0.25) is 16.2 Å². The molecule has 0 spiro atoms. The normalized spacial score (nSPS) is 29.7. The SMILES string of the molecule is C[C@@H](O)[C@H]1C(=O)N2C(C(=O)O)=C(S[C@@H]3CN[C@H](C(=O)NCc4nsc(S(N)(=O)=O)n4)C3)[C@H](C)[C@H]12. The third-order valence-corrected chi connectivity index (χ3v) is 9.68. The lowest BCUT2D eigenvalue weighted by atomic mass is 9.79. The highest BCUT2D eigenvalue weighted by molar-refractivity contribution is 8.03. The highest BCUT2D eigenvalue weighted by Gasteiger charge is 2.60. The zero-order chi connectivity index (χ0) is 24.9. The van der Waals surface area contributed by atoms with Gasteiger partial charge in [0.15, 0.2) is 5.82 Å². The fourth-order valence-corrected chi connectivity index (χ4v) is 7.24. The minimum absolute atomic E-state index is 0.0439. The topological polar surface area (TPSA) is 205 Å². The molecule has 34 heavy (non-hydrogen) atoms. The molecule has 2 amide bonds. The number of carboxylic acids is 1. The molecule has 2 saturated heterocycles. The Morgan fingerprint density at radius 2 is 2.15 bits per heavy atom. The molecule has 16 heteroatoms. The Bertz CT molecular complexity index is 1170. The van der Waals surface area contributed by atoms with E-state index in [4.69, 9.17) is 5.14 Å². The van der Waals surface area contributed by atoms with Crippen LogP contribution in [0.25, 0.3) is 0 Å². The summed E-state index contributed by atoms with van der Waals surface area (Å²) in [6.45, 7) is 3.76. The molecule has 186 valence electrons. The maximum absolute atomic E-state index is 12.6. The summed E-state index contributed by atoms with van der Waals surface area (Å²) in [5.74, 6) is -2.65. The number of fused-ring (bicyclic) bond motifs is 1. The first-order valence-corrected chi connectivity index (χ1v) is 13.6. The number of amides is 2. The molecule has 0 aromatic carbocycles. The Hall–Kier alpha value is -2.11. The lowest BCUT2D eigenvalue weighted by Crippen LogP contribution is -2.63. The summed E-state index contributed by atoms with van der Waals surface area (Å²) in [6.07, 6.45) is -0.449. The van der Waals surface area contributed by atoms with E-state index in [1.165, 1.54) is 23.6 Å². The van der Waals surface area contributed by atoms with E-state index in [1.54, 1.807) is 0 Å². The van der Waals surface area contributed by atoms with Crippen LogP contribution in [0.1, 0.15) is 26.1 Å². The summed E-state index contributed by atoms with van der Waals surface area (Å²) in [5.41, 5.74) is -0.0439. The number of β-lactam (4-membered cyclic amide) rings is 1. The number of nitrogens with one attached hydrogen (secondary N) is 2. The number of nitrogens with two attached hydrogens (primary N) is 1. The zero-order valence-electron chi connectivity index (χ0n) is 18.2. The van der Waals surface area contributed by atoms with Gasteiger partial charge < -0.3 is 25.7 Å².